The van der Waals surface area contributed by atoms with Crippen LogP contribution in [0.5, 0.6) is 11.5 Å². The van der Waals surface area contributed by atoms with Crippen molar-refractivity contribution in [3.05, 3.63) is 52.1 Å². The second-order valence-corrected chi connectivity index (χ2v) is 4.33. The number of hydrogen-bond acceptors (Lipinski definition) is 6. The van der Waals surface area contributed by atoms with Crippen LogP contribution in [0.4, 0.5) is 5.69 Å². The highest BCUT2D eigenvalue weighted by molar-refractivity contribution is 6.40. The number of aliphatic carboxylic acids is 1. The summed E-state index contributed by atoms with van der Waals surface area (Å²) in [6.45, 7) is 0. The molecule has 0 heterocycles. The molecule has 0 unspecified atom stereocenters. The van der Waals surface area contributed by atoms with E-state index in [-0.39, 0.29) is 11.3 Å². The van der Waals surface area contributed by atoms with E-state index in [0.717, 1.165) is 12.1 Å². The van der Waals surface area contributed by atoms with Gasteiger partial charge in [0.05, 0.1) is 4.92 Å². The first-order valence-electron chi connectivity index (χ1n) is 5.89. The molecule has 112 valence electrons. The van der Waals surface area contributed by atoms with E-state index in [1.165, 1.54) is 24.3 Å². The summed E-state index contributed by atoms with van der Waals surface area (Å²) in [6.07, 6.45) is 0. The highest BCUT2D eigenvalue weighted by Gasteiger charge is 2.25. The van der Waals surface area contributed by atoms with Gasteiger partial charge < -0.3 is 15.3 Å². The molecule has 8 heteroatoms. The standard InChI is InChI=1S/C14H9NO7/c16-11-4-2-8(6-12(11)17)7-1-3-9(13(18)14(19)20)10(5-7)15(21)22/h1-6,16-17H,(H,19,20). The fourth-order valence-corrected chi connectivity index (χ4v) is 1.87. The summed E-state index contributed by atoms with van der Waals surface area (Å²) in [5.74, 6) is -3.94. The predicted molar refractivity (Wildman–Crippen MR) is 73.8 cm³/mol. The second-order valence-electron chi connectivity index (χ2n) is 4.33. The fourth-order valence-electron chi connectivity index (χ4n) is 1.87. The molecule has 0 fully saturated rings. The first-order chi connectivity index (χ1) is 10.3. The van der Waals surface area contributed by atoms with Gasteiger partial charge in [-0.3, -0.25) is 14.9 Å². The van der Waals surface area contributed by atoms with E-state index in [9.17, 15) is 29.9 Å². The topological polar surface area (TPSA) is 138 Å². The molecule has 8 nitrogen and oxygen atoms in total. The van der Waals surface area contributed by atoms with Crippen LogP contribution in [0.2, 0.25) is 0 Å². The molecule has 0 spiro atoms. The Morgan fingerprint density at radius 1 is 0.955 bits per heavy atom. The Hall–Kier alpha value is -3.42. The number of carboxylic acid groups (broad SMARTS) is 1. The van der Waals surface area contributed by atoms with Crippen LogP contribution < -0.4 is 0 Å². The lowest BCUT2D eigenvalue weighted by molar-refractivity contribution is -0.385. The summed E-state index contributed by atoms with van der Waals surface area (Å²) in [7, 11) is 0. The Bertz CT molecular complexity index is 798. The van der Waals surface area contributed by atoms with Gasteiger partial charge in [0.1, 0.15) is 5.56 Å². The van der Waals surface area contributed by atoms with Crippen molar-refractivity contribution in [2.75, 3.05) is 0 Å². The van der Waals surface area contributed by atoms with Crippen LogP contribution in [-0.2, 0) is 4.79 Å². The molecule has 2 rings (SSSR count). The number of carbonyl (C=O) groups is 2. The van der Waals surface area contributed by atoms with E-state index in [1.54, 1.807) is 0 Å². The molecule has 0 bridgehead atoms. The maximum absolute atomic E-state index is 11.4. The van der Waals surface area contributed by atoms with Crippen molar-refractivity contribution in [3.8, 4) is 22.6 Å². The molecule has 0 aliphatic rings. The van der Waals surface area contributed by atoms with Crippen LogP contribution >= 0.6 is 0 Å². The van der Waals surface area contributed by atoms with Gasteiger partial charge in [-0.1, -0.05) is 12.1 Å². The van der Waals surface area contributed by atoms with Gasteiger partial charge in [-0.05, 0) is 29.3 Å². The zero-order valence-corrected chi connectivity index (χ0v) is 10.9. The summed E-state index contributed by atoms with van der Waals surface area (Å²) < 4.78 is 0. The normalized spacial score (nSPS) is 10.2. The Morgan fingerprint density at radius 2 is 1.55 bits per heavy atom. The van der Waals surface area contributed by atoms with Gasteiger partial charge in [-0.25, -0.2) is 4.79 Å². The quantitative estimate of drug-likeness (QED) is 0.258. The third-order valence-electron chi connectivity index (χ3n) is 2.94. The second kappa shape index (κ2) is 5.52. The first kappa shape index (κ1) is 15.0. The third-order valence-corrected chi connectivity index (χ3v) is 2.94. The molecule has 22 heavy (non-hydrogen) atoms. The SMILES string of the molecule is O=C(O)C(=O)c1ccc(-c2ccc(O)c(O)c2)cc1[N+](=O)[O-]. The van der Waals surface area contributed by atoms with Gasteiger partial charge in [-0.2, -0.15) is 0 Å². The summed E-state index contributed by atoms with van der Waals surface area (Å²) in [5.41, 5.74) is -0.557. The Balaban J connectivity index is 2.58. The number of benzene rings is 2. The maximum atomic E-state index is 11.4. The molecule has 0 atom stereocenters. The van der Waals surface area contributed by atoms with Crippen molar-refractivity contribution in [2.24, 2.45) is 0 Å². The molecule has 0 aliphatic carbocycles. The lowest BCUT2D eigenvalue weighted by Crippen LogP contribution is -2.14. The molecule has 2 aromatic carbocycles. The van der Waals surface area contributed by atoms with E-state index in [0.29, 0.717) is 5.56 Å². The number of nitro groups is 1. The number of carboxylic acids is 1. The van der Waals surface area contributed by atoms with E-state index >= 15 is 0 Å². The molecular formula is C14H9NO7. The summed E-state index contributed by atoms with van der Waals surface area (Å²) in [6, 6.07) is 7.18. The number of carbonyl (C=O) groups excluding carboxylic acids is 1. The number of phenolic OH excluding ortho intramolecular Hbond substituents is 2. The van der Waals surface area contributed by atoms with Crippen molar-refractivity contribution in [1.82, 2.24) is 0 Å². The Labute approximate surface area is 123 Å². The summed E-state index contributed by atoms with van der Waals surface area (Å²) >= 11 is 0. The Morgan fingerprint density at radius 3 is 2.09 bits per heavy atom. The van der Waals surface area contributed by atoms with Crippen LogP contribution in [0.25, 0.3) is 11.1 Å². The van der Waals surface area contributed by atoms with Gasteiger partial charge in [0, 0.05) is 6.07 Å². The minimum atomic E-state index is -1.79. The van der Waals surface area contributed by atoms with Crippen molar-refractivity contribution in [1.29, 1.82) is 0 Å². The molecular weight excluding hydrogens is 294 g/mol. The number of Topliss-reactive ketones (excluding diaryl/α,β-unsaturated/α-hetero) is 1. The summed E-state index contributed by atoms with van der Waals surface area (Å²) in [5, 5.41) is 38.4. The lowest BCUT2D eigenvalue weighted by atomic mass is 10.00. The zero-order valence-electron chi connectivity index (χ0n) is 10.9. The molecule has 0 saturated heterocycles. The van der Waals surface area contributed by atoms with Crippen LogP contribution in [-0.4, -0.2) is 32.0 Å². The van der Waals surface area contributed by atoms with Gasteiger partial charge in [0.15, 0.2) is 11.5 Å². The lowest BCUT2D eigenvalue weighted by Gasteiger charge is -2.06. The van der Waals surface area contributed by atoms with E-state index in [2.05, 4.69) is 0 Å². The number of aromatic hydroxyl groups is 2. The van der Waals surface area contributed by atoms with Crippen LogP contribution in [0.15, 0.2) is 36.4 Å². The number of ketones is 1. The number of hydrogen-bond donors (Lipinski definition) is 3. The van der Waals surface area contributed by atoms with Crippen LogP contribution in [0.1, 0.15) is 10.4 Å². The first-order valence-corrected chi connectivity index (χ1v) is 5.89. The predicted octanol–water partition coefficient (Wildman–Crippen LogP) is 1.94. The molecule has 3 N–H and O–H groups in total. The van der Waals surface area contributed by atoms with Crippen molar-refractivity contribution < 1.29 is 29.8 Å². The molecule has 0 aromatic heterocycles. The number of rotatable bonds is 4. The Kier molecular flexibility index (Phi) is 3.76. The van der Waals surface area contributed by atoms with E-state index in [1.807, 2.05) is 0 Å². The van der Waals surface area contributed by atoms with Gasteiger partial charge in [-0.15, -0.1) is 0 Å². The molecule has 0 radical (unpaired) electrons. The molecule has 0 amide bonds. The average molecular weight is 303 g/mol. The van der Waals surface area contributed by atoms with Gasteiger partial charge in [0.2, 0.25) is 0 Å². The monoisotopic (exact) mass is 303 g/mol. The minimum absolute atomic E-state index is 0.281. The fraction of sp³-hybridized carbons (Fsp3) is 0. The van der Waals surface area contributed by atoms with E-state index in [4.69, 9.17) is 5.11 Å². The van der Waals surface area contributed by atoms with Gasteiger partial charge >= 0.3 is 5.97 Å². The van der Waals surface area contributed by atoms with Gasteiger partial charge in [0.25, 0.3) is 11.5 Å². The zero-order chi connectivity index (χ0) is 16.4. The largest absolute Gasteiger partial charge is 0.504 e. The van der Waals surface area contributed by atoms with Crippen molar-refractivity contribution in [2.45, 2.75) is 0 Å². The number of nitro benzene ring substituents is 1. The minimum Gasteiger partial charge on any atom is -0.504 e. The van der Waals surface area contributed by atoms with Crippen LogP contribution in [0.3, 0.4) is 0 Å². The number of phenols is 2. The van der Waals surface area contributed by atoms with E-state index < -0.39 is 33.7 Å². The third kappa shape index (κ3) is 2.70. The summed E-state index contributed by atoms with van der Waals surface area (Å²) in [4.78, 5) is 32.3. The average Bonchev–Trinajstić information content (AvgIpc) is 2.48. The van der Waals surface area contributed by atoms with Crippen molar-refractivity contribution in [3.63, 3.8) is 0 Å². The maximum Gasteiger partial charge on any atom is 0.377 e. The smallest absolute Gasteiger partial charge is 0.377 e. The molecule has 2 aromatic rings. The highest BCUT2D eigenvalue weighted by Crippen LogP contribution is 2.33. The number of nitrogens with zero attached hydrogens (tertiary/aromatic N) is 1. The van der Waals surface area contributed by atoms with Crippen LogP contribution in [0, 0.1) is 10.1 Å². The molecule has 0 aliphatic heterocycles. The highest BCUT2D eigenvalue weighted by atomic mass is 16.6. The van der Waals surface area contributed by atoms with Crippen molar-refractivity contribution >= 4 is 17.4 Å². The molecule has 0 saturated carbocycles.